The van der Waals surface area contributed by atoms with Crippen LogP contribution in [0.5, 0.6) is 0 Å². The van der Waals surface area contributed by atoms with Gasteiger partial charge in [0.25, 0.3) is 0 Å². The molecule has 1 saturated carbocycles. The maximum absolute atomic E-state index is 13.5. The zero-order valence-corrected chi connectivity index (χ0v) is 16.2. The molecule has 142 valence electrons. The highest BCUT2D eigenvalue weighted by Crippen LogP contribution is 2.28. The highest BCUT2D eigenvalue weighted by molar-refractivity contribution is 8.01. The topological polar surface area (TPSA) is 67.3 Å². The second-order valence-electron chi connectivity index (χ2n) is 6.42. The van der Waals surface area contributed by atoms with Crippen molar-refractivity contribution in [2.24, 2.45) is 0 Å². The van der Waals surface area contributed by atoms with E-state index in [1.165, 1.54) is 61.3 Å². The molecule has 1 aromatic carbocycles. The minimum Gasteiger partial charge on any atom is -0.390 e. The number of nitrogens with one attached hydrogen (secondary N) is 1. The summed E-state index contributed by atoms with van der Waals surface area (Å²) in [4.78, 5) is 0. The van der Waals surface area contributed by atoms with Gasteiger partial charge in [-0.3, -0.25) is 0 Å². The number of anilines is 1. The Kier molecular flexibility index (Phi) is 7.67. The van der Waals surface area contributed by atoms with Crippen LogP contribution >= 0.6 is 23.1 Å². The van der Waals surface area contributed by atoms with E-state index in [-0.39, 0.29) is 19.0 Å². The Balaban J connectivity index is 1.35. The first-order valence-corrected chi connectivity index (χ1v) is 10.7. The molecule has 2 N–H and O–H groups in total. The molecular weight excluding hydrogens is 373 g/mol. The lowest BCUT2D eigenvalue weighted by Gasteiger charge is -2.21. The van der Waals surface area contributed by atoms with Crippen LogP contribution in [0, 0.1) is 5.82 Å². The molecular formula is C18H24FN3O2S2. The van der Waals surface area contributed by atoms with Gasteiger partial charge < -0.3 is 15.2 Å². The van der Waals surface area contributed by atoms with Gasteiger partial charge in [-0.05, 0) is 18.9 Å². The van der Waals surface area contributed by atoms with Crippen LogP contribution in [0.1, 0.15) is 37.7 Å². The zero-order chi connectivity index (χ0) is 18.2. The van der Waals surface area contributed by atoms with Crippen molar-refractivity contribution in [2.75, 3.05) is 17.7 Å². The van der Waals surface area contributed by atoms with Gasteiger partial charge in [0, 0.05) is 17.4 Å². The molecule has 1 aromatic heterocycles. The molecule has 1 unspecified atom stereocenters. The molecule has 0 spiro atoms. The number of rotatable bonds is 9. The first-order valence-electron chi connectivity index (χ1n) is 8.93. The molecule has 3 rings (SSSR count). The quantitative estimate of drug-likeness (QED) is 0.621. The van der Waals surface area contributed by atoms with Gasteiger partial charge in [-0.25, -0.2) is 4.39 Å². The van der Waals surface area contributed by atoms with Gasteiger partial charge in [-0.15, -0.1) is 10.2 Å². The monoisotopic (exact) mass is 397 g/mol. The second kappa shape index (κ2) is 10.2. The molecule has 0 bridgehead atoms. The first-order chi connectivity index (χ1) is 12.7. The van der Waals surface area contributed by atoms with Gasteiger partial charge in [-0.2, -0.15) is 0 Å². The van der Waals surface area contributed by atoms with Crippen molar-refractivity contribution in [1.82, 2.24) is 10.2 Å². The van der Waals surface area contributed by atoms with Crippen LogP contribution in [0.15, 0.2) is 28.6 Å². The Labute approximate surface area is 161 Å². The predicted molar refractivity (Wildman–Crippen MR) is 103 cm³/mol. The van der Waals surface area contributed by atoms with Crippen LogP contribution in [0.2, 0.25) is 0 Å². The minimum atomic E-state index is -0.634. The molecule has 8 heteroatoms. The van der Waals surface area contributed by atoms with Gasteiger partial charge in [0.15, 0.2) is 4.34 Å². The largest absolute Gasteiger partial charge is 0.390 e. The molecule has 1 aliphatic carbocycles. The fourth-order valence-corrected chi connectivity index (χ4v) is 4.64. The van der Waals surface area contributed by atoms with E-state index >= 15 is 0 Å². The summed E-state index contributed by atoms with van der Waals surface area (Å²) in [5.74, 6) is 0.179. The van der Waals surface area contributed by atoms with Crippen LogP contribution in [-0.4, -0.2) is 39.8 Å². The lowest BCUT2D eigenvalue weighted by atomic mass is 9.96. The van der Waals surface area contributed by atoms with Crippen molar-refractivity contribution in [1.29, 1.82) is 0 Å². The Morgan fingerprint density at radius 3 is 2.88 bits per heavy atom. The van der Waals surface area contributed by atoms with E-state index in [4.69, 9.17) is 4.74 Å². The number of aliphatic hydroxyl groups excluding tert-OH is 1. The third-order valence-electron chi connectivity index (χ3n) is 4.26. The molecule has 0 aliphatic heterocycles. The van der Waals surface area contributed by atoms with E-state index in [1.54, 1.807) is 18.2 Å². The van der Waals surface area contributed by atoms with Crippen LogP contribution in [0.4, 0.5) is 9.52 Å². The van der Waals surface area contributed by atoms with E-state index in [1.807, 2.05) is 0 Å². The Hall–Kier alpha value is -1.22. The molecule has 2 aromatic rings. The van der Waals surface area contributed by atoms with Crippen LogP contribution in [0.25, 0.3) is 0 Å². The normalized spacial score (nSPS) is 16.5. The third-order valence-corrected chi connectivity index (χ3v) is 6.40. The lowest BCUT2D eigenvalue weighted by molar-refractivity contribution is 0.0387. The van der Waals surface area contributed by atoms with Crippen molar-refractivity contribution in [3.63, 3.8) is 0 Å². The number of aliphatic hydroxyl groups is 1. The number of ether oxygens (including phenoxy) is 1. The number of benzene rings is 1. The fourth-order valence-electron chi connectivity index (χ4n) is 2.88. The SMILES string of the molecule is OC(COCc1ccccc1F)CSc1nnc(NC2CCCCC2)s1. The molecule has 1 atom stereocenters. The maximum Gasteiger partial charge on any atom is 0.206 e. The maximum atomic E-state index is 13.5. The molecule has 0 radical (unpaired) electrons. The molecule has 1 aliphatic rings. The molecule has 1 fully saturated rings. The van der Waals surface area contributed by atoms with E-state index in [0.717, 1.165) is 9.47 Å². The number of hydrogen-bond donors (Lipinski definition) is 2. The molecule has 5 nitrogen and oxygen atoms in total. The number of aromatic nitrogens is 2. The highest BCUT2D eigenvalue weighted by Gasteiger charge is 2.16. The van der Waals surface area contributed by atoms with Gasteiger partial charge >= 0.3 is 0 Å². The van der Waals surface area contributed by atoms with Crippen molar-refractivity contribution in [2.45, 2.75) is 55.2 Å². The standard InChI is InChI=1S/C18H24FN3O2S2/c19-16-9-5-4-6-13(16)10-24-11-15(23)12-25-18-22-21-17(26-18)20-14-7-2-1-3-8-14/h4-6,9,14-15,23H,1-3,7-8,10-12H2,(H,20,21). The number of nitrogens with zero attached hydrogens (tertiary/aromatic N) is 2. The van der Waals surface area contributed by atoms with E-state index in [9.17, 15) is 9.50 Å². The van der Waals surface area contributed by atoms with Gasteiger partial charge in [-0.1, -0.05) is 60.6 Å². The van der Waals surface area contributed by atoms with Gasteiger partial charge in [0.05, 0.1) is 19.3 Å². The summed E-state index contributed by atoms with van der Waals surface area (Å²) < 4.78 is 19.7. The van der Waals surface area contributed by atoms with Crippen molar-refractivity contribution in [3.8, 4) is 0 Å². The van der Waals surface area contributed by atoms with Crippen molar-refractivity contribution >= 4 is 28.2 Å². The van der Waals surface area contributed by atoms with E-state index in [2.05, 4.69) is 15.5 Å². The summed E-state index contributed by atoms with van der Waals surface area (Å²) in [6.45, 7) is 0.315. The van der Waals surface area contributed by atoms with Gasteiger partial charge in [0.1, 0.15) is 5.82 Å². The molecule has 26 heavy (non-hydrogen) atoms. The average molecular weight is 398 g/mol. The highest BCUT2D eigenvalue weighted by atomic mass is 32.2. The second-order valence-corrected chi connectivity index (χ2v) is 8.67. The number of halogens is 1. The van der Waals surface area contributed by atoms with Crippen LogP contribution in [0.3, 0.4) is 0 Å². The summed E-state index contributed by atoms with van der Waals surface area (Å²) in [6, 6.07) is 7.00. The Bertz CT molecular complexity index is 680. The molecule has 0 amide bonds. The number of hydrogen-bond acceptors (Lipinski definition) is 7. The molecule has 1 heterocycles. The van der Waals surface area contributed by atoms with Crippen LogP contribution in [-0.2, 0) is 11.3 Å². The summed E-state index contributed by atoms with van der Waals surface area (Å²) >= 11 is 2.98. The summed E-state index contributed by atoms with van der Waals surface area (Å²) in [6.07, 6.45) is 5.63. The van der Waals surface area contributed by atoms with Gasteiger partial charge in [0.2, 0.25) is 5.13 Å². The molecule has 0 saturated heterocycles. The third kappa shape index (κ3) is 6.19. The summed E-state index contributed by atoms with van der Waals surface area (Å²) in [7, 11) is 0. The summed E-state index contributed by atoms with van der Waals surface area (Å²) in [5, 5.41) is 22.7. The van der Waals surface area contributed by atoms with Crippen LogP contribution < -0.4 is 5.32 Å². The lowest BCUT2D eigenvalue weighted by Crippen LogP contribution is -2.21. The Morgan fingerprint density at radius 2 is 2.08 bits per heavy atom. The Morgan fingerprint density at radius 1 is 1.27 bits per heavy atom. The summed E-state index contributed by atoms with van der Waals surface area (Å²) in [5.41, 5.74) is 0.495. The average Bonchev–Trinajstić information content (AvgIpc) is 3.10. The van der Waals surface area contributed by atoms with Crippen molar-refractivity contribution in [3.05, 3.63) is 35.6 Å². The van der Waals surface area contributed by atoms with Crippen molar-refractivity contribution < 1.29 is 14.2 Å². The predicted octanol–water partition coefficient (Wildman–Crippen LogP) is 4.09. The minimum absolute atomic E-state index is 0.155. The van der Waals surface area contributed by atoms with E-state index < -0.39 is 6.10 Å². The first kappa shape index (κ1) is 19.5. The zero-order valence-electron chi connectivity index (χ0n) is 14.6. The smallest absolute Gasteiger partial charge is 0.206 e. The number of thioether (sulfide) groups is 1. The fraction of sp³-hybridized carbons (Fsp3) is 0.556. The van der Waals surface area contributed by atoms with E-state index in [0.29, 0.717) is 17.4 Å².